The molecule has 1 N–H and O–H groups in total. The minimum atomic E-state index is -4.18. The highest BCUT2D eigenvalue weighted by Gasteiger charge is 2.41. The van der Waals surface area contributed by atoms with E-state index in [-0.39, 0.29) is 21.4 Å². The summed E-state index contributed by atoms with van der Waals surface area (Å²) in [4.78, 5) is 14.0. The lowest BCUT2D eigenvalue weighted by molar-refractivity contribution is -0.117. The van der Waals surface area contributed by atoms with Crippen LogP contribution in [0.5, 0.6) is 0 Å². The first-order chi connectivity index (χ1) is 13.3. The monoisotopic (exact) mass is 424 g/mol. The second-order valence-corrected chi connectivity index (χ2v) is 8.84. The van der Waals surface area contributed by atoms with Crippen LogP contribution in [0, 0.1) is 11.6 Å². The van der Waals surface area contributed by atoms with Gasteiger partial charge in [0, 0.05) is 18.8 Å². The molecule has 0 aliphatic carbocycles. The van der Waals surface area contributed by atoms with Crippen molar-refractivity contribution in [3.63, 3.8) is 0 Å². The zero-order valence-corrected chi connectivity index (χ0v) is 16.1. The summed E-state index contributed by atoms with van der Waals surface area (Å²) in [5, 5.41) is 2.46. The summed E-state index contributed by atoms with van der Waals surface area (Å²) in [6.07, 6.45) is 1.12. The SMILES string of the molecule is O=C(NCc1ccc(F)c(Cl)c1)C1=C2CCCN2c2ccc(F)cc2S1(=O)=O. The smallest absolute Gasteiger partial charge is 0.265 e. The fraction of sp³-hybridized carbons (Fsp3) is 0.211. The molecule has 2 aliphatic rings. The van der Waals surface area contributed by atoms with Gasteiger partial charge >= 0.3 is 0 Å². The van der Waals surface area contributed by atoms with Crippen molar-refractivity contribution in [2.45, 2.75) is 24.3 Å². The molecule has 0 spiro atoms. The number of fused-ring (bicyclic) bond motifs is 3. The number of anilines is 1. The molecule has 1 fully saturated rings. The molecule has 0 atom stereocenters. The van der Waals surface area contributed by atoms with E-state index in [2.05, 4.69) is 5.32 Å². The third-order valence-corrected chi connectivity index (χ3v) is 6.95. The van der Waals surface area contributed by atoms with Crippen LogP contribution in [-0.2, 0) is 21.2 Å². The quantitative estimate of drug-likeness (QED) is 0.818. The van der Waals surface area contributed by atoms with Crippen molar-refractivity contribution in [3.8, 4) is 0 Å². The molecule has 0 bridgehead atoms. The van der Waals surface area contributed by atoms with Gasteiger partial charge in [-0.15, -0.1) is 0 Å². The van der Waals surface area contributed by atoms with Crippen LogP contribution in [0.1, 0.15) is 18.4 Å². The number of rotatable bonds is 3. The lowest BCUT2D eigenvalue weighted by Gasteiger charge is -2.30. The summed E-state index contributed by atoms with van der Waals surface area (Å²) < 4.78 is 53.1. The summed E-state index contributed by atoms with van der Waals surface area (Å²) >= 11 is 5.73. The first kappa shape index (κ1) is 18.9. The number of benzene rings is 2. The van der Waals surface area contributed by atoms with Crippen LogP contribution in [0.25, 0.3) is 0 Å². The Kier molecular flexibility index (Phi) is 4.63. The van der Waals surface area contributed by atoms with Gasteiger partial charge in [-0.2, -0.15) is 0 Å². The van der Waals surface area contributed by atoms with Crippen molar-refractivity contribution in [1.29, 1.82) is 0 Å². The molecular weight excluding hydrogens is 410 g/mol. The van der Waals surface area contributed by atoms with E-state index < -0.39 is 27.4 Å². The largest absolute Gasteiger partial charge is 0.347 e. The molecule has 2 aromatic carbocycles. The van der Waals surface area contributed by atoms with E-state index in [0.717, 1.165) is 6.07 Å². The summed E-state index contributed by atoms with van der Waals surface area (Å²) in [6.45, 7) is 0.523. The summed E-state index contributed by atoms with van der Waals surface area (Å²) in [6, 6.07) is 7.53. The second kappa shape index (κ2) is 6.86. The van der Waals surface area contributed by atoms with E-state index in [1.54, 1.807) is 4.90 Å². The Morgan fingerprint density at radius 2 is 1.96 bits per heavy atom. The van der Waals surface area contributed by atoms with Gasteiger partial charge in [0.15, 0.2) is 4.91 Å². The zero-order valence-electron chi connectivity index (χ0n) is 14.5. The highest BCUT2D eigenvalue weighted by molar-refractivity contribution is 7.96. The molecule has 2 heterocycles. The highest BCUT2D eigenvalue weighted by atomic mass is 35.5. The van der Waals surface area contributed by atoms with E-state index in [9.17, 15) is 22.0 Å². The van der Waals surface area contributed by atoms with Crippen LogP contribution in [0.15, 0.2) is 51.9 Å². The highest BCUT2D eigenvalue weighted by Crippen LogP contribution is 2.43. The number of nitrogens with zero attached hydrogens (tertiary/aromatic N) is 1. The minimum absolute atomic E-state index is 0.0266. The van der Waals surface area contributed by atoms with Gasteiger partial charge in [-0.1, -0.05) is 17.7 Å². The second-order valence-electron chi connectivity index (χ2n) is 6.58. The van der Waals surface area contributed by atoms with Gasteiger partial charge in [0.25, 0.3) is 5.91 Å². The van der Waals surface area contributed by atoms with Crippen LogP contribution in [0.4, 0.5) is 14.5 Å². The van der Waals surface area contributed by atoms with E-state index in [0.29, 0.717) is 36.3 Å². The van der Waals surface area contributed by atoms with Crippen molar-refractivity contribution in [2.75, 3.05) is 11.4 Å². The Bertz CT molecular complexity index is 1130. The number of allylic oxidation sites excluding steroid dienone is 1. The van der Waals surface area contributed by atoms with Gasteiger partial charge in [-0.05, 0) is 48.7 Å². The lowest BCUT2D eigenvalue weighted by atomic mass is 10.2. The normalized spacial score (nSPS) is 17.3. The Balaban J connectivity index is 1.69. The molecular formula is C19H15ClF2N2O3S. The summed E-state index contributed by atoms with van der Waals surface area (Å²) in [7, 11) is -4.18. The maximum absolute atomic E-state index is 13.7. The van der Waals surface area contributed by atoms with Gasteiger partial charge in [-0.25, -0.2) is 17.2 Å². The number of carbonyl (C=O) groups is 1. The molecule has 146 valence electrons. The Labute approximate surface area is 165 Å². The van der Waals surface area contributed by atoms with Crippen molar-refractivity contribution in [3.05, 3.63) is 69.2 Å². The van der Waals surface area contributed by atoms with Crippen LogP contribution in [-0.4, -0.2) is 20.9 Å². The third kappa shape index (κ3) is 3.06. The van der Waals surface area contributed by atoms with Gasteiger partial charge < -0.3 is 10.2 Å². The molecule has 1 amide bonds. The standard InChI is InChI=1S/C19H15ClF2N2O3S/c20-13-8-11(3-5-14(13)22)10-23-19(25)18-16-2-1-7-24(16)15-6-4-12(21)9-17(15)28(18,26)27/h3-6,8-9H,1-2,7,10H2,(H,23,25). The number of hydrogen-bond acceptors (Lipinski definition) is 4. The first-order valence-electron chi connectivity index (χ1n) is 8.56. The Hall–Kier alpha value is -2.45. The maximum atomic E-state index is 13.7. The van der Waals surface area contributed by atoms with Crippen molar-refractivity contribution in [1.82, 2.24) is 5.32 Å². The van der Waals surface area contributed by atoms with Crippen molar-refractivity contribution >= 4 is 33.0 Å². The van der Waals surface area contributed by atoms with Crippen molar-refractivity contribution < 1.29 is 22.0 Å². The molecule has 4 rings (SSSR count). The molecule has 0 saturated carbocycles. The number of nitrogens with one attached hydrogen (secondary N) is 1. The molecule has 0 aromatic heterocycles. The molecule has 0 unspecified atom stereocenters. The van der Waals surface area contributed by atoms with Crippen LogP contribution in [0.3, 0.4) is 0 Å². The van der Waals surface area contributed by atoms with Crippen LogP contribution in [0.2, 0.25) is 5.02 Å². The van der Waals surface area contributed by atoms with Crippen LogP contribution < -0.4 is 10.2 Å². The predicted molar refractivity (Wildman–Crippen MR) is 100 cm³/mol. The molecule has 28 heavy (non-hydrogen) atoms. The molecule has 2 aromatic rings. The average Bonchev–Trinajstić information content (AvgIpc) is 3.11. The third-order valence-electron chi connectivity index (χ3n) is 4.80. The zero-order chi connectivity index (χ0) is 20.1. The lowest BCUT2D eigenvalue weighted by Crippen LogP contribution is -2.35. The number of hydrogen-bond donors (Lipinski definition) is 1. The molecule has 5 nitrogen and oxygen atoms in total. The van der Waals surface area contributed by atoms with E-state index >= 15 is 0 Å². The van der Waals surface area contributed by atoms with E-state index in [1.807, 2.05) is 0 Å². The average molecular weight is 425 g/mol. The fourth-order valence-electron chi connectivity index (χ4n) is 3.53. The molecule has 9 heteroatoms. The first-order valence-corrected chi connectivity index (χ1v) is 10.4. The van der Waals surface area contributed by atoms with Crippen molar-refractivity contribution in [2.24, 2.45) is 0 Å². The van der Waals surface area contributed by atoms with Gasteiger partial charge in [0.05, 0.1) is 15.6 Å². The van der Waals surface area contributed by atoms with Crippen LogP contribution >= 0.6 is 11.6 Å². The number of amides is 1. The summed E-state index contributed by atoms with van der Waals surface area (Å²) in [5.41, 5.74) is 1.32. The Morgan fingerprint density at radius 3 is 2.71 bits per heavy atom. The molecule has 1 saturated heterocycles. The van der Waals surface area contributed by atoms with E-state index in [4.69, 9.17) is 11.6 Å². The summed E-state index contributed by atoms with van der Waals surface area (Å²) in [5.74, 6) is -2.06. The Morgan fingerprint density at radius 1 is 1.18 bits per heavy atom. The molecule has 0 radical (unpaired) electrons. The van der Waals surface area contributed by atoms with E-state index in [1.165, 1.54) is 30.3 Å². The topological polar surface area (TPSA) is 66.5 Å². The number of carbonyl (C=O) groups excluding carboxylic acids is 1. The number of halogens is 3. The predicted octanol–water partition coefficient (Wildman–Crippen LogP) is 3.53. The van der Waals surface area contributed by atoms with Gasteiger partial charge in [0.2, 0.25) is 9.84 Å². The maximum Gasteiger partial charge on any atom is 0.265 e. The van der Waals surface area contributed by atoms with Gasteiger partial charge in [0.1, 0.15) is 11.6 Å². The van der Waals surface area contributed by atoms with Gasteiger partial charge in [-0.3, -0.25) is 4.79 Å². The number of sulfone groups is 1. The molecule has 2 aliphatic heterocycles. The fourth-order valence-corrected chi connectivity index (χ4v) is 5.52. The minimum Gasteiger partial charge on any atom is -0.347 e.